The number of pyridine rings is 1. The molecular weight excluding hydrogens is 492 g/mol. The molecule has 0 spiro atoms. The summed E-state index contributed by atoms with van der Waals surface area (Å²) in [7, 11) is 3.35. The third-order valence-corrected chi connectivity index (χ3v) is 7.77. The molecule has 2 atom stereocenters. The third kappa shape index (κ3) is 4.31. The van der Waals surface area contributed by atoms with E-state index in [2.05, 4.69) is 72.8 Å². The van der Waals surface area contributed by atoms with Gasteiger partial charge in [-0.1, -0.05) is 31.2 Å². The van der Waals surface area contributed by atoms with Crippen LogP contribution in [-0.2, 0) is 6.42 Å². The van der Waals surface area contributed by atoms with Crippen LogP contribution in [0.1, 0.15) is 52.8 Å². The second kappa shape index (κ2) is 10.5. The molecule has 6 nitrogen and oxygen atoms in total. The van der Waals surface area contributed by atoms with Crippen molar-refractivity contribution in [3.05, 3.63) is 101 Å². The van der Waals surface area contributed by atoms with E-state index in [-0.39, 0.29) is 12.1 Å². The smallest absolute Gasteiger partial charge is 0.174 e. The van der Waals surface area contributed by atoms with Crippen LogP contribution in [0.15, 0.2) is 66.9 Å². The summed E-state index contributed by atoms with van der Waals surface area (Å²) in [5.74, 6) is 1.46. The Balaban J connectivity index is 1.75. The summed E-state index contributed by atoms with van der Waals surface area (Å²) in [6, 6.07) is 20.3. The summed E-state index contributed by atoms with van der Waals surface area (Å²) in [5, 5.41) is 4.19. The zero-order valence-electron chi connectivity index (χ0n) is 22.8. The van der Waals surface area contributed by atoms with Crippen LogP contribution in [0, 0.1) is 20.8 Å². The van der Waals surface area contributed by atoms with Crippen LogP contribution in [0.25, 0.3) is 5.69 Å². The number of anilines is 1. The normalized spacial score (nSPS) is 17.0. The number of aromatic nitrogens is 2. The first-order valence-electron chi connectivity index (χ1n) is 12.9. The average molecular weight is 527 g/mol. The number of aryl methyl sites for hydroxylation is 3. The van der Waals surface area contributed by atoms with Gasteiger partial charge in [0.25, 0.3) is 0 Å². The lowest BCUT2D eigenvalue weighted by Gasteiger charge is -2.29. The van der Waals surface area contributed by atoms with Gasteiger partial charge >= 0.3 is 0 Å². The number of benzene rings is 2. The van der Waals surface area contributed by atoms with Crippen LogP contribution in [0.4, 0.5) is 5.69 Å². The first kappa shape index (κ1) is 25.8. The molecule has 0 saturated carbocycles. The molecule has 1 aliphatic heterocycles. The number of nitrogens with one attached hydrogen (secondary N) is 1. The minimum absolute atomic E-state index is 0.156. The molecule has 3 heterocycles. The van der Waals surface area contributed by atoms with Crippen molar-refractivity contribution in [1.29, 1.82) is 0 Å². The van der Waals surface area contributed by atoms with Crippen LogP contribution < -0.4 is 19.7 Å². The van der Waals surface area contributed by atoms with Crippen molar-refractivity contribution in [2.75, 3.05) is 19.1 Å². The number of methoxy groups -OCH3 is 2. The first-order valence-corrected chi connectivity index (χ1v) is 13.3. The molecule has 38 heavy (non-hydrogen) atoms. The van der Waals surface area contributed by atoms with Gasteiger partial charge in [0.15, 0.2) is 5.11 Å². The molecule has 0 amide bonds. The van der Waals surface area contributed by atoms with Crippen molar-refractivity contribution in [2.24, 2.45) is 0 Å². The maximum atomic E-state index is 5.98. The SMILES string of the molecule is CCc1cccc(C)c1-n1c(C)cc(C2C(c3ccccn3)NC(=S)N2c2cc(OC)ccc2OC)c1C. The average Bonchev–Trinajstić information content (AvgIpc) is 3.43. The molecule has 1 aliphatic rings. The van der Waals surface area contributed by atoms with Crippen LogP contribution in [-0.4, -0.2) is 28.9 Å². The quantitative estimate of drug-likeness (QED) is 0.276. The van der Waals surface area contributed by atoms with E-state index in [9.17, 15) is 0 Å². The molecule has 1 fully saturated rings. The van der Waals surface area contributed by atoms with Crippen LogP contribution in [0.2, 0.25) is 0 Å². The fraction of sp³-hybridized carbons (Fsp3) is 0.290. The molecule has 1 N–H and O–H groups in total. The summed E-state index contributed by atoms with van der Waals surface area (Å²) in [4.78, 5) is 6.88. The van der Waals surface area contributed by atoms with Crippen molar-refractivity contribution >= 4 is 23.0 Å². The Kier molecular flexibility index (Phi) is 7.13. The maximum Gasteiger partial charge on any atom is 0.174 e. The monoisotopic (exact) mass is 526 g/mol. The molecular formula is C31H34N4O2S. The predicted molar refractivity (Wildman–Crippen MR) is 157 cm³/mol. The first-order chi connectivity index (χ1) is 18.4. The second-order valence-electron chi connectivity index (χ2n) is 9.63. The van der Waals surface area contributed by atoms with Crippen LogP contribution in [0.3, 0.4) is 0 Å². The topological polar surface area (TPSA) is 51.6 Å². The number of hydrogen-bond donors (Lipinski definition) is 1. The highest BCUT2D eigenvalue weighted by Gasteiger charge is 2.43. The van der Waals surface area contributed by atoms with E-state index in [0.717, 1.165) is 29.3 Å². The lowest BCUT2D eigenvalue weighted by atomic mass is 9.96. The maximum absolute atomic E-state index is 5.98. The summed E-state index contributed by atoms with van der Waals surface area (Å²) < 4.78 is 13.8. The Hall–Kier alpha value is -3.84. The van der Waals surface area contributed by atoms with E-state index in [1.807, 2.05) is 36.5 Å². The highest BCUT2D eigenvalue weighted by atomic mass is 32.1. The third-order valence-electron chi connectivity index (χ3n) is 7.46. The van der Waals surface area contributed by atoms with Crippen molar-refractivity contribution in [3.8, 4) is 17.2 Å². The molecule has 196 valence electrons. The second-order valence-corrected chi connectivity index (χ2v) is 10.0. The Morgan fingerprint density at radius 1 is 0.974 bits per heavy atom. The Morgan fingerprint density at radius 2 is 1.79 bits per heavy atom. The molecule has 7 heteroatoms. The van der Waals surface area contributed by atoms with Crippen LogP contribution >= 0.6 is 12.2 Å². The zero-order chi connectivity index (χ0) is 27.0. The Morgan fingerprint density at radius 3 is 2.47 bits per heavy atom. The number of thiocarbonyl (C=S) groups is 1. The largest absolute Gasteiger partial charge is 0.497 e. The number of nitrogens with zero attached hydrogens (tertiary/aromatic N) is 3. The number of para-hydroxylation sites is 1. The van der Waals surface area contributed by atoms with Gasteiger partial charge in [-0.2, -0.15) is 0 Å². The van der Waals surface area contributed by atoms with Gasteiger partial charge in [0, 0.05) is 23.7 Å². The van der Waals surface area contributed by atoms with E-state index in [0.29, 0.717) is 5.11 Å². The minimum Gasteiger partial charge on any atom is -0.497 e. The number of ether oxygens (including phenoxy) is 2. The summed E-state index contributed by atoms with van der Waals surface area (Å²) in [6.07, 6.45) is 2.79. The fourth-order valence-corrected chi connectivity index (χ4v) is 6.01. The molecule has 2 unspecified atom stereocenters. The van der Waals surface area contributed by atoms with Gasteiger partial charge in [-0.3, -0.25) is 4.98 Å². The molecule has 2 aromatic heterocycles. The lowest BCUT2D eigenvalue weighted by molar-refractivity contribution is 0.403. The Labute approximate surface area is 230 Å². The fourth-order valence-electron chi connectivity index (χ4n) is 5.67. The van der Waals surface area contributed by atoms with Gasteiger partial charge in [0.1, 0.15) is 11.5 Å². The van der Waals surface area contributed by atoms with E-state index < -0.39 is 0 Å². The van der Waals surface area contributed by atoms with Crippen LogP contribution in [0.5, 0.6) is 11.5 Å². The molecule has 0 bridgehead atoms. The van der Waals surface area contributed by atoms with Gasteiger partial charge < -0.3 is 24.3 Å². The highest BCUT2D eigenvalue weighted by molar-refractivity contribution is 7.80. The minimum atomic E-state index is -0.160. The summed E-state index contributed by atoms with van der Waals surface area (Å²) in [6.45, 7) is 8.77. The van der Waals surface area contributed by atoms with E-state index in [4.69, 9.17) is 26.7 Å². The van der Waals surface area contributed by atoms with Gasteiger partial charge in [-0.05, 0) is 86.4 Å². The van der Waals surface area contributed by atoms with Gasteiger partial charge in [-0.25, -0.2) is 0 Å². The van der Waals surface area contributed by atoms with E-state index >= 15 is 0 Å². The molecule has 5 rings (SSSR count). The summed E-state index contributed by atoms with van der Waals surface area (Å²) in [5.41, 5.74) is 9.15. The molecule has 0 aliphatic carbocycles. The predicted octanol–water partition coefficient (Wildman–Crippen LogP) is 6.55. The van der Waals surface area contributed by atoms with Gasteiger partial charge in [-0.15, -0.1) is 0 Å². The van der Waals surface area contributed by atoms with Crippen molar-refractivity contribution in [3.63, 3.8) is 0 Å². The van der Waals surface area contributed by atoms with Crippen molar-refractivity contribution in [1.82, 2.24) is 14.9 Å². The number of hydrogen-bond acceptors (Lipinski definition) is 4. The van der Waals surface area contributed by atoms with Crippen molar-refractivity contribution in [2.45, 2.75) is 46.2 Å². The lowest BCUT2D eigenvalue weighted by Crippen LogP contribution is -2.30. The van der Waals surface area contributed by atoms with Crippen molar-refractivity contribution < 1.29 is 9.47 Å². The zero-order valence-corrected chi connectivity index (χ0v) is 23.6. The Bertz CT molecular complexity index is 1480. The highest BCUT2D eigenvalue weighted by Crippen LogP contribution is 2.47. The van der Waals surface area contributed by atoms with E-state index in [1.165, 1.54) is 33.8 Å². The standard InChI is InChI=1S/C31H34N4O2S/c1-7-22-12-10-11-19(2)29(22)34-20(3)17-24(21(34)4)30-28(25-13-8-9-16-32-25)33-31(38)35(30)26-18-23(36-5)14-15-27(26)37-6/h8-18,28,30H,7H2,1-6H3,(H,33,38). The molecule has 4 aromatic rings. The van der Waals surface area contributed by atoms with E-state index in [1.54, 1.807) is 14.2 Å². The van der Waals surface area contributed by atoms with Gasteiger partial charge in [0.05, 0.1) is 43.4 Å². The summed E-state index contributed by atoms with van der Waals surface area (Å²) >= 11 is 5.98. The van der Waals surface area contributed by atoms with Gasteiger partial charge in [0.2, 0.25) is 0 Å². The number of rotatable bonds is 7. The molecule has 2 aromatic carbocycles. The molecule has 0 radical (unpaired) electrons. The molecule has 1 saturated heterocycles.